The maximum atomic E-state index is 12.1. The van der Waals surface area contributed by atoms with Crippen molar-refractivity contribution in [1.82, 2.24) is 14.7 Å². The molecule has 21 heavy (non-hydrogen) atoms. The summed E-state index contributed by atoms with van der Waals surface area (Å²) in [5.41, 5.74) is 3.49. The summed E-state index contributed by atoms with van der Waals surface area (Å²) in [6.45, 7) is 2.44. The first-order valence-corrected chi connectivity index (χ1v) is 7.40. The number of hydrogen-bond acceptors (Lipinski definition) is 2. The van der Waals surface area contributed by atoms with E-state index in [1.54, 1.807) is 12.1 Å². The van der Waals surface area contributed by atoms with Gasteiger partial charge in [0.1, 0.15) is 5.65 Å². The third-order valence-corrected chi connectivity index (χ3v) is 3.81. The molecule has 0 radical (unpaired) electrons. The fourth-order valence-electron chi connectivity index (χ4n) is 2.16. The molecule has 0 spiro atoms. The van der Waals surface area contributed by atoms with Crippen molar-refractivity contribution in [1.29, 1.82) is 0 Å². The number of imidazole rings is 1. The Morgan fingerprint density at radius 2 is 2.00 bits per heavy atom. The van der Waals surface area contributed by atoms with Crippen LogP contribution in [0.15, 0.2) is 53.1 Å². The number of fused-ring (bicyclic) bond motifs is 1. The normalized spacial score (nSPS) is 10.8. The Balaban J connectivity index is 1.72. The van der Waals surface area contributed by atoms with E-state index in [4.69, 9.17) is 0 Å². The lowest BCUT2D eigenvalue weighted by atomic mass is 10.2. The third kappa shape index (κ3) is 2.97. The van der Waals surface area contributed by atoms with E-state index in [2.05, 4.69) is 26.2 Å². The van der Waals surface area contributed by atoms with Gasteiger partial charge in [0.05, 0.1) is 12.2 Å². The third-order valence-electron chi connectivity index (χ3n) is 3.28. The summed E-state index contributed by atoms with van der Waals surface area (Å²) in [6.07, 6.45) is 1.95. The highest BCUT2D eigenvalue weighted by Crippen LogP contribution is 2.11. The van der Waals surface area contributed by atoms with Crippen LogP contribution in [-0.2, 0) is 6.54 Å². The number of benzene rings is 1. The fourth-order valence-corrected chi connectivity index (χ4v) is 2.42. The molecule has 3 rings (SSSR count). The van der Waals surface area contributed by atoms with Crippen LogP contribution in [0.4, 0.5) is 0 Å². The SMILES string of the molecule is Cc1cccc2nc(CNC(=O)c3ccc(Br)cc3)cn12. The summed E-state index contributed by atoms with van der Waals surface area (Å²) in [6, 6.07) is 13.2. The second-order valence-electron chi connectivity index (χ2n) is 4.82. The lowest BCUT2D eigenvalue weighted by molar-refractivity contribution is 0.0950. The van der Waals surface area contributed by atoms with Gasteiger partial charge in [-0.05, 0) is 43.3 Å². The molecule has 0 saturated heterocycles. The highest BCUT2D eigenvalue weighted by atomic mass is 79.9. The van der Waals surface area contributed by atoms with Crippen LogP contribution < -0.4 is 5.32 Å². The molecule has 0 aliphatic carbocycles. The molecule has 0 unspecified atom stereocenters. The van der Waals surface area contributed by atoms with Gasteiger partial charge in [0, 0.05) is 21.9 Å². The molecule has 5 heteroatoms. The van der Waals surface area contributed by atoms with Gasteiger partial charge in [0.25, 0.3) is 5.91 Å². The average Bonchev–Trinajstić information content (AvgIpc) is 2.90. The van der Waals surface area contributed by atoms with Crippen LogP contribution in [0, 0.1) is 6.92 Å². The van der Waals surface area contributed by atoms with Crippen molar-refractivity contribution >= 4 is 27.5 Å². The molecule has 0 aliphatic rings. The fraction of sp³-hybridized carbons (Fsp3) is 0.125. The lowest BCUT2D eigenvalue weighted by Crippen LogP contribution is -2.22. The van der Waals surface area contributed by atoms with E-state index < -0.39 is 0 Å². The molecule has 0 fully saturated rings. The zero-order valence-electron chi connectivity index (χ0n) is 11.5. The number of halogens is 1. The zero-order chi connectivity index (χ0) is 14.8. The molecular formula is C16H14BrN3O. The van der Waals surface area contributed by atoms with Crippen LogP contribution in [0.1, 0.15) is 21.7 Å². The predicted molar refractivity (Wildman–Crippen MR) is 85.2 cm³/mol. The first-order chi connectivity index (χ1) is 10.1. The molecule has 0 saturated carbocycles. The van der Waals surface area contributed by atoms with Crippen LogP contribution in [0.2, 0.25) is 0 Å². The van der Waals surface area contributed by atoms with Crippen LogP contribution >= 0.6 is 15.9 Å². The van der Waals surface area contributed by atoms with Gasteiger partial charge in [-0.25, -0.2) is 4.98 Å². The minimum atomic E-state index is -0.101. The predicted octanol–water partition coefficient (Wildman–Crippen LogP) is 3.34. The van der Waals surface area contributed by atoms with E-state index in [9.17, 15) is 4.79 Å². The Labute approximate surface area is 131 Å². The minimum Gasteiger partial charge on any atom is -0.346 e. The molecule has 2 aromatic heterocycles. The molecule has 1 N–H and O–H groups in total. The number of pyridine rings is 1. The Hall–Kier alpha value is -2.14. The number of carbonyl (C=O) groups is 1. The summed E-state index contributed by atoms with van der Waals surface area (Å²) in [7, 11) is 0. The Morgan fingerprint density at radius 3 is 2.71 bits per heavy atom. The number of carbonyl (C=O) groups excluding carboxylic acids is 1. The van der Waals surface area contributed by atoms with E-state index >= 15 is 0 Å². The van der Waals surface area contributed by atoms with Gasteiger partial charge in [-0.3, -0.25) is 4.79 Å². The van der Waals surface area contributed by atoms with Crippen LogP contribution in [0.5, 0.6) is 0 Å². The van der Waals surface area contributed by atoms with Gasteiger partial charge in [0.2, 0.25) is 0 Å². The van der Waals surface area contributed by atoms with E-state index in [0.29, 0.717) is 12.1 Å². The van der Waals surface area contributed by atoms with E-state index in [0.717, 1.165) is 21.5 Å². The molecule has 4 nitrogen and oxygen atoms in total. The van der Waals surface area contributed by atoms with Gasteiger partial charge >= 0.3 is 0 Å². The number of aryl methyl sites for hydroxylation is 1. The van der Waals surface area contributed by atoms with Gasteiger partial charge in [-0.1, -0.05) is 22.0 Å². The molecule has 0 aliphatic heterocycles. The van der Waals surface area contributed by atoms with Gasteiger partial charge in [0.15, 0.2) is 0 Å². The summed E-state index contributed by atoms with van der Waals surface area (Å²) in [4.78, 5) is 16.5. The Kier molecular flexibility index (Phi) is 3.75. The summed E-state index contributed by atoms with van der Waals surface area (Å²) < 4.78 is 2.97. The van der Waals surface area contributed by atoms with Crippen molar-refractivity contribution in [2.24, 2.45) is 0 Å². The summed E-state index contributed by atoms with van der Waals surface area (Å²) in [5, 5.41) is 2.89. The van der Waals surface area contributed by atoms with Gasteiger partial charge in [-0.2, -0.15) is 0 Å². The van der Waals surface area contributed by atoms with Crippen molar-refractivity contribution in [3.05, 3.63) is 70.1 Å². The van der Waals surface area contributed by atoms with Crippen LogP contribution in [-0.4, -0.2) is 15.3 Å². The molecule has 1 aromatic carbocycles. The maximum absolute atomic E-state index is 12.1. The molecule has 3 aromatic rings. The van der Waals surface area contributed by atoms with Gasteiger partial charge in [-0.15, -0.1) is 0 Å². The highest BCUT2D eigenvalue weighted by Gasteiger charge is 2.07. The number of hydrogen-bond donors (Lipinski definition) is 1. The van der Waals surface area contributed by atoms with Crippen molar-refractivity contribution < 1.29 is 4.79 Å². The van der Waals surface area contributed by atoms with E-state index in [1.165, 1.54) is 0 Å². The van der Waals surface area contributed by atoms with Crippen LogP contribution in [0.25, 0.3) is 5.65 Å². The van der Waals surface area contributed by atoms with Gasteiger partial charge < -0.3 is 9.72 Å². The van der Waals surface area contributed by atoms with Crippen LogP contribution in [0.3, 0.4) is 0 Å². The molecule has 2 heterocycles. The first kappa shape index (κ1) is 13.8. The number of nitrogens with zero attached hydrogens (tertiary/aromatic N) is 2. The molecule has 0 atom stereocenters. The number of amides is 1. The first-order valence-electron chi connectivity index (χ1n) is 6.61. The summed E-state index contributed by atoms with van der Waals surface area (Å²) >= 11 is 3.35. The largest absolute Gasteiger partial charge is 0.346 e. The Morgan fingerprint density at radius 1 is 1.24 bits per heavy atom. The second kappa shape index (κ2) is 5.69. The minimum absolute atomic E-state index is 0.101. The topological polar surface area (TPSA) is 46.4 Å². The van der Waals surface area contributed by atoms with Crippen molar-refractivity contribution in [2.75, 3.05) is 0 Å². The Bertz CT molecular complexity index is 793. The maximum Gasteiger partial charge on any atom is 0.251 e. The number of rotatable bonds is 3. The molecule has 0 bridgehead atoms. The van der Waals surface area contributed by atoms with Crippen molar-refractivity contribution in [3.63, 3.8) is 0 Å². The number of nitrogens with one attached hydrogen (secondary N) is 1. The smallest absolute Gasteiger partial charge is 0.251 e. The molecule has 106 valence electrons. The monoisotopic (exact) mass is 343 g/mol. The summed E-state index contributed by atoms with van der Waals surface area (Å²) in [5.74, 6) is -0.101. The van der Waals surface area contributed by atoms with Crippen molar-refractivity contribution in [3.8, 4) is 0 Å². The number of aromatic nitrogens is 2. The molecule has 1 amide bonds. The second-order valence-corrected chi connectivity index (χ2v) is 5.73. The highest BCUT2D eigenvalue weighted by molar-refractivity contribution is 9.10. The van der Waals surface area contributed by atoms with E-state index in [1.807, 2.05) is 47.9 Å². The lowest BCUT2D eigenvalue weighted by Gasteiger charge is -2.03. The quantitative estimate of drug-likeness (QED) is 0.792. The van der Waals surface area contributed by atoms with E-state index in [-0.39, 0.29) is 5.91 Å². The molecular weight excluding hydrogens is 330 g/mol. The van der Waals surface area contributed by atoms with Crippen molar-refractivity contribution in [2.45, 2.75) is 13.5 Å². The zero-order valence-corrected chi connectivity index (χ0v) is 13.1. The average molecular weight is 344 g/mol. The standard InChI is InChI=1S/C16H14BrN3O/c1-11-3-2-4-15-19-14(10-20(11)15)9-18-16(21)12-5-7-13(17)8-6-12/h2-8,10H,9H2,1H3,(H,18,21).